The largest absolute Gasteiger partial charge is 0.480 e. The van der Waals surface area contributed by atoms with E-state index in [1.54, 1.807) is 13.8 Å². The summed E-state index contributed by atoms with van der Waals surface area (Å²) in [6.07, 6.45) is 1.71. The molecule has 3 N–H and O–H groups in total. The number of piperidine rings is 1. The fraction of sp³-hybridized carbons (Fsp3) is 0.833. The van der Waals surface area contributed by atoms with Crippen LogP contribution in [0.2, 0.25) is 0 Å². The SMILES string of the molecule is CC1CCCN(C(=O)C(C)(C)CN)C1C(=O)O. The van der Waals surface area contributed by atoms with Crippen molar-refractivity contribution >= 4 is 11.9 Å². The van der Waals surface area contributed by atoms with Crippen molar-refractivity contribution < 1.29 is 14.7 Å². The van der Waals surface area contributed by atoms with Gasteiger partial charge in [-0.05, 0) is 32.6 Å². The van der Waals surface area contributed by atoms with E-state index in [9.17, 15) is 14.7 Å². The molecule has 98 valence electrons. The quantitative estimate of drug-likeness (QED) is 0.762. The minimum Gasteiger partial charge on any atom is -0.480 e. The maximum atomic E-state index is 12.3. The van der Waals surface area contributed by atoms with E-state index in [1.165, 1.54) is 4.90 Å². The van der Waals surface area contributed by atoms with Gasteiger partial charge in [-0.25, -0.2) is 4.79 Å². The molecule has 5 nitrogen and oxygen atoms in total. The Hall–Kier alpha value is -1.10. The topological polar surface area (TPSA) is 83.6 Å². The van der Waals surface area contributed by atoms with Gasteiger partial charge < -0.3 is 15.7 Å². The van der Waals surface area contributed by atoms with Crippen LogP contribution in [0.25, 0.3) is 0 Å². The van der Waals surface area contributed by atoms with Crippen LogP contribution in [0.5, 0.6) is 0 Å². The van der Waals surface area contributed by atoms with Crippen LogP contribution in [0.15, 0.2) is 0 Å². The Labute approximate surface area is 102 Å². The van der Waals surface area contributed by atoms with E-state index in [0.29, 0.717) is 6.54 Å². The lowest BCUT2D eigenvalue weighted by molar-refractivity contribution is -0.158. The number of aliphatic carboxylic acids is 1. The molecule has 0 aromatic carbocycles. The Morgan fingerprint density at radius 2 is 2.06 bits per heavy atom. The highest BCUT2D eigenvalue weighted by molar-refractivity contribution is 5.87. The first-order chi connectivity index (χ1) is 7.81. The Bertz CT molecular complexity index is 315. The third kappa shape index (κ3) is 2.77. The van der Waals surface area contributed by atoms with E-state index in [1.807, 2.05) is 6.92 Å². The number of nitrogens with two attached hydrogens (primary N) is 1. The monoisotopic (exact) mass is 242 g/mol. The molecule has 1 rings (SSSR count). The third-order valence-electron chi connectivity index (χ3n) is 3.54. The van der Waals surface area contributed by atoms with Crippen LogP contribution in [0.4, 0.5) is 0 Å². The number of hydrogen-bond acceptors (Lipinski definition) is 3. The number of nitrogens with zero attached hydrogens (tertiary/aromatic N) is 1. The fourth-order valence-electron chi connectivity index (χ4n) is 2.27. The van der Waals surface area contributed by atoms with Crippen molar-refractivity contribution in [2.24, 2.45) is 17.1 Å². The molecule has 5 heteroatoms. The van der Waals surface area contributed by atoms with Gasteiger partial charge in [-0.3, -0.25) is 4.79 Å². The molecule has 2 atom stereocenters. The van der Waals surface area contributed by atoms with E-state index in [4.69, 9.17) is 5.73 Å². The first-order valence-corrected chi connectivity index (χ1v) is 6.05. The molecule has 0 radical (unpaired) electrons. The number of carboxylic acid groups (broad SMARTS) is 1. The fourth-order valence-corrected chi connectivity index (χ4v) is 2.27. The maximum Gasteiger partial charge on any atom is 0.326 e. The van der Waals surface area contributed by atoms with Gasteiger partial charge in [0.25, 0.3) is 0 Å². The lowest BCUT2D eigenvalue weighted by Gasteiger charge is -2.40. The molecule has 1 amide bonds. The Morgan fingerprint density at radius 3 is 2.53 bits per heavy atom. The van der Waals surface area contributed by atoms with E-state index in [2.05, 4.69) is 0 Å². The van der Waals surface area contributed by atoms with Crippen molar-refractivity contribution in [3.05, 3.63) is 0 Å². The molecule has 0 spiro atoms. The molecule has 0 aromatic rings. The summed E-state index contributed by atoms with van der Waals surface area (Å²) in [5, 5.41) is 9.24. The van der Waals surface area contributed by atoms with Crippen molar-refractivity contribution in [2.75, 3.05) is 13.1 Å². The van der Waals surface area contributed by atoms with Crippen LogP contribution in [-0.4, -0.2) is 41.0 Å². The van der Waals surface area contributed by atoms with Crippen LogP contribution < -0.4 is 5.73 Å². The van der Waals surface area contributed by atoms with Gasteiger partial charge in [0.2, 0.25) is 5.91 Å². The van der Waals surface area contributed by atoms with Gasteiger partial charge in [0.1, 0.15) is 6.04 Å². The van der Waals surface area contributed by atoms with Gasteiger partial charge in [0.05, 0.1) is 5.41 Å². The van der Waals surface area contributed by atoms with Crippen LogP contribution >= 0.6 is 0 Å². The summed E-state index contributed by atoms with van der Waals surface area (Å²) in [6.45, 7) is 6.14. The molecule has 1 fully saturated rings. The lowest BCUT2D eigenvalue weighted by atomic mass is 9.86. The average Bonchev–Trinajstić information content (AvgIpc) is 2.27. The third-order valence-corrected chi connectivity index (χ3v) is 3.54. The van der Waals surface area contributed by atoms with Crippen LogP contribution in [0.1, 0.15) is 33.6 Å². The molecule has 2 unspecified atom stereocenters. The van der Waals surface area contributed by atoms with Crippen molar-refractivity contribution in [1.82, 2.24) is 4.90 Å². The summed E-state index contributed by atoms with van der Waals surface area (Å²) in [6, 6.07) is -0.706. The van der Waals surface area contributed by atoms with Crippen LogP contribution in [-0.2, 0) is 9.59 Å². The first kappa shape index (κ1) is 14.0. The van der Waals surface area contributed by atoms with Gasteiger partial charge in [-0.15, -0.1) is 0 Å². The molecule has 1 saturated heterocycles. The normalized spacial score (nSPS) is 25.8. The summed E-state index contributed by atoms with van der Waals surface area (Å²) < 4.78 is 0. The predicted molar refractivity (Wildman–Crippen MR) is 64.4 cm³/mol. The summed E-state index contributed by atoms with van der Waals surface area (Å²) in [5.41, 5.74) is 4.89. The number of amides is 1. The van der Waals surface area contributed by atoms with Crippen LogP contribution in [0, 0.1) is 11.3 Å². The van der Waals surface area contributed by atoms with Gasteiger partial charge in [-0.2, -0.15) is 0 Å². The second-order valence-electron chi connectivity index (χ2n) is 5.49. The smallest absolute Gasteiger partial charge is 0.326 e. The van der Waals surface area contributed by atoms with Gasteiger partial charge in [0.15, 0.2) is 0 Å². The minimum atomic E-state index is -0.918. The molecule has 1 aliphatic rings. The van der Waals surface area contributed by atoms with Gasteiger partial charge >= 0.3 is 5.97 Å². The zero-order valence-electron chi connectivity index (χ0n) is 10.8. The predicted octanol–water partition coefficient (Wildman–Crippen LogP) is 0.683. The summed E-state index contributed by atoms with van der Waals surface area (Å²) in [5.74, 6) is -1.07. The van der Waals surface area contributed by atoms with Crippen molar-refractivity contribution in [1.29, 1.82) is 0 Å². The molecule has 0 bridgehead atoms. The molecular weight excluding hydrogens is 220 g/mol. The number of carbonyl (C=O) groups excluding carboxylic acids is 1. The first-order valence-electron chi connectivity index (χ1n) is 6.05. The zero-order chi connectivity index (χ0) is 13.2. The van der Waals surface area contributed by atoms with E-state index in [-0.39, 0.29) is 18.4 Å². The molecule has 17 heavy (non-hydrogen) atoms. The number of likely N-dealkylation sites (tertiary alicyclic amines) is 1. The number of carbonyl (C=O) groups is 2. The van der Waals surface area contributed by atoms with Gasteiger partial charge in [-0.1, -0.05) is 6.92 Å². The second kappa shape index (κ2) is 5.04. The summed E-state index contributed by atoms with van der Waals surface area (Å²) >= 11 is 0. The Balaban J connectivity index is 2.94. The molecule has 0 saturated carbocycles. The Kier molecular flexibility index (Phi) is 4.14. The van der Waals surface area contributed by atoms with E-state index >= 15 is 0 Å². The van der Waals surface area contributed by atoms with Crippen molar-refractivity contribution in [2.45, 2.75) is 39.7 Å². The summed E-state index contributed by atoms with van der Waals surface area (Å²) in [7, 11) is 0. The van der Waals surface area contributed by atoms with Gasteiger partial charge in [0, 0.05) is 13.1 Å². The highest BCUT2D eigenvalue weighted by Gasteiger charge is 2.41. The lowest BCUT2D eigenvalue weighted by Crippen LogP contribution is -2.56. The second-order valence-corrected chi connectivity index (χ2v) is 5.49. The minimum absolute atomic E-state index is 0.00113. The standard InChI is InChI=1S/C12H22N2O3/c1-8-5-4-6-14(9(8)10(15)16)11(17)12(2,3)7-13/h8-9H,4-7,13H2,1-3H3,(H,15,16). The zero-order valence-corrected chi connectivity index (χ0v) is 10.8. The average molecular weight is 242 g/mol. The molecule has 0 aromatic heterocycles. The highest BCUT2D eigenvalue weighted by Crippen LogP contribution is 2.28. The molecule has 1 aliphatic heterocycles. The number of carboxylic acids is 1. The molecule has 1 heterocycles. The highest BCUT2D eigenvalue weighted by atomic mass is 16.4. The van der Waals surface area contributed by atoms with Crippen molar-refractivity contribution in [3.63, 3.8) is 0 Å². The maximum absolute atomic E-state index is 12.3. The molecular formula is C12H22N2O3. The number of hydrogen-bond donors (Lipinski definition) is 2. The van der Waals surface area contributed by atoms with Crippen LogP contribution in [0.3, 0.4) is 0 Å². The van der Waals surface area contributed by atoms with E-state index in [0.717, 1.165) is 12.8 Å². The summed E-state index contributed by atoms with van der Waals surface area (Å²) in [4.78, 5) is 25.1. The van der Waals surface area contributed by atoms with E-state index < -0.39 is 17.4 Å². The molecule has 0 aliphatic carbocycles. The Morgan fingerprint density at radius 1 is 1.47 bits per heavy atom. The van der Waals surface area contributed by atoms with Crippen molar-refractivity contribution in [3.8, 4) is 0 Å². The number of rotatable bonds is 3.